The molecule has 2 heterocycles. The second kappa shape index (κ2) is 6.87. The summed E-state index contributed by atoms with van der Waals surface area (Å²) in [5.41, 5.74) is 2.40. The van der Waals surface area contributed by atoms with Gasteiger partial charge in [-0.25, -0.2) is 9.18 Å². The van der Waals surface area contributed by atoms with Gasteiger partial charge in [-0.15, -0.1) is 0 Å². The van der Waals surface area contributed by atoms with Crippen molar-refractivity contribution in [1.29, 1.82) is 0 Å². The van der Waals surface area contributed by atoms with Gasteiger partial charge in [-0.1, -0.05) is 12.1 Å². The van der Waals surface area contributed by atoms with Crippen LogP contribution in [0.1, 0.15) is 24.8 Å². The van der Waals surface area contributed by atoms with E-state index in [1.54, 1.807) is 0 Å². The van der Waals surface area contributed by atoms with Crippen LogP contribution in [-0.2, 0) is 14.3 Å². The van der Waals surface area contributed by atoms with Gasteiger partial charge < -0.3 is 9.47 Å². The Hall–Kier alpha value is -3.15. The number of ether oxygens (including phenoxy) is 2. The number of hydrogen-bond donors (Lipinski definition) is 0. The van der Waals surface area contributed by atoms with Crippen molar-refractivity contribution in [2.24, 2.45) is 0 Å². The Morgan fingerprint density at radius 1 is 1.11 bits per heavy atom. The van der Waals surface area contributed by atoms with Crippen molar-refractivity contribution < 1.29 is 23.5 Å². The largest absolute Gasteiger partial charge is 0.494 e. The fourth-order valence-electron chi connectivity index (χ4n) is 3.59. The maximum Gasteiger partial charge on any atom is 0.336 e. The van der Waals surface area contributed by atoms with Crippen molar-refractivity contribution in [3.8, 4) is 5.75 Å². The molecule has 0 aromatic heterocycles. The number of anilines is 1. The number of halogens is 1. The third-order valence-corrected chi connectivity index (χ3v) is 4.80. The highest BCUT2D eigenvalue weighted by molar-refractivity contribution is 6.06. The smallest absolute Gasteiger partial charge is 0.336 e. The number of carbonyl (C=O) groups excluding carboxylic acids is 2. The Labute approximate surface area is 156 Å². The van der Waals surface area contributed by atoms with Crippen LogP contribution in [0.3, 0.4) is 0 Å². The lowest BCUT2D eigenvalue weighted by Gasteiger charge is -2.31. The minimum atomic E-state index is -0.413. The monoisotopic (exact) mass is 367 g/mol. The molecule has 6 heteroatoms. The van der Waals surface area contributed by atoms with Crippen molar-refractivity contribution in [3.63, 3.8) is 0 Å². The van der Waals surface area contributed by atoms with Gasteiger partial charge in [-0.3, -0.25) is 9.69 Å². The molecule has 0 fully saturated rings. The first-order chi connectivity index (χ1) is 13.1. The Bertz CT molecular complexity index is 918. The van der Waals surface area contributed by atoms with Crippen LogP contribution < -0.4 is 9.64 Å². The van der Waals surface area contributed by atoms with Gasteiger partial charge in [0.05, 0.1) is 17.9 Å². The molecule has 138 valence electrons. The fourth-order valence-corrected chi connectivity index (χ4v) is 3.59. The zero-order valence-corrected chi connectivity index (χ0v) is 14.8. The van der Waals surface area contributed by atoms with Gasteiger partial charge in [0.25, 0.3) is 0 Å². The van der Waals surface area contributed by atoms with E-state index in [1.807, 2.05) is 31.2 Å². The van der Waals surface area contributed by atoms with Gasteiger partial charge >= 0.3 is 5.97 Å². The molecule has 0 bridgehead atoms. The summed E-state index contributed by atoms with van der Waals surface area (Å²) in [6.45, 7) is 2.50. The first kappa shape index (κ1) is 17.3. The summed E-state index contributed by atoms with van der Waals surface area (Å²) in [6.07, 6.45) is 0.138. The average molecular weight is 367 g/mol. The third-order valence-electron chi connectivity index (χ3n) is 4.80. The second-order valence-corrected chi connectivity index (χ2v) is 6.40. The molecule has 1 amide bonds. The zero-order chi connectivity index (χ0) is 19.0. The topological polar surface area (TPSA) is 55.8 Å². The third kappa shape index (κ3) is 3.07. The Morgan fingerprint density at radius 2 is 1.81 bits per heavy atom. The van der Waals surface area contributed by atoms with E-state index < -0.39 is 5.97 Å². The molecule has 5 nitrogen and oxygen atoms in total. The van der Waals surface area contributed by atoms with E-state index in [9.17, 15) is 14.0 Å². The van der Waals surface area contributed by atoms with Crippen molar-refractivity contribution in [3.05, 3.63) is 71.2 Å². The minimum absolute atomic E-state index is 0.0326. The van der Waals surface area contributed by atoms with Crippen LogP contribution in [0.25, 0.3) is 0 Å². The molecule has 2 aromatic rings. The van der Waals surface area contributed by atoms with Gasteiger partial charge in [0.15, 0.2) is 0 Å². The quantitative estimate of drug-likeness (QED) is 0.776. The Kier molecular flexibility index (Phi) is 4.39. The highest BCUT2D eigenvalue weighted by Gasteiger charge is 2.42. The van der Waals surface area contributed by atoms with E-state index in [1.165, 1.54) is 29.2 Å². The second-order valence-electron chi connectivity index (χ2n) is 6.40. The van der Waals surface area contributed by atoms with Gasteiger partial charge in [0.1, 0.15) is 18.2 Å². The molecule has 0 N–H and O–H groups in total. The van der Waals surface area contributed by atoms with E-state index >= 15 is 0 Å². The molecule has 0 spiro atoms. The normalized spacial score (nSPS) is 19.2. The molecule has 0 saturated carbocycles. The van der Waals surface area contributed by atoms with E-state index in [4.69, 9.17) is 9.47 Å². The number of esters is 1. The first-order valence-electron chi connectivity index (χ1n) is 8.80. The predicted molar refractivity (Wildman–Crippen MR) is 96.8 cm³/mol. The van der Waals surface area contributed by atoms with E-state index in [-0.39, 0.29) is 30.7 Å². The predicted octanol–water partition coefficient (Wildman–Crippen LogP) is 3.56. The molecular formula is C21H18FNO4. The van der Waals surface area contributed by atoms with Gasteiger partial charge in [-0.2, -0.15) is 0 Å². The van der Waals surface area contributed by atoms with E-state index in [2.05, 4.69) is 0 Å². The molecule has 0 aliphatic carbocycles. The highest BCUT2D eigenvalue weighted by Crippen LogP contribution is 2.42. The lowest BCUT2D eigenvalue weighted by Crippen LogP contribution is -2.37. The van der Waals surface area contributed by atoms with Crippen molar-refractivity contribution in [2.75, 3.05) is 18.1 Å². The van der Waals surface area contributed by atoms with Crippen molar-refractivity contribution in [2.45, 2.75) is 19.3 Å². The number of cyclic esters (lactones) is 1. The molecule has 1 atom stereocenters. The summed E-state index contributed by atoms with van der Waals surface area (Å²) >= 11 is 0. The van der Waals surface area contributed by atoms with Crippen LogP contribution in [0.15, 0.2) is 59.8 Å². The first-order valence-corrected chi connectivity index (χ1v) is 8.80. The lowest BCUT2D eigenvalue weighted by atomic mass is 9.84. The molecule has 2 aliphatic rings. The number of benzene rings is 2. The van der Waals surface area contributed by atoms with E-state index in [0.29, 0.717) is 23.6 Å². The number of amides is 1. The fraction of sp³-hybridized carbons (Fsp3) is 0.238. The van der Waals surface area contributed by atoms with Gasteiger partial charge in [0, 0.05) is 18.0 Å². The number of rotatable bonds is 4. The van der Waals surface area contributed by atoms with Crippen LogP contribution in [0.4, 0.5) is 10.1 Å². The molecule has 0 saturated heterocycles. The Morgan fingerprint density at radius 3 is 2.48 bits per heavy atom. The van der Waals surface area contributed by atoms with Crippen LogP contribution in [-0.4, -0.2) is 25.1 Å². The van der Waals surface area contributed by atoms with Crippen LogP contribution in [0.2, 0.25) is 0 Å². The molecule has 0 radical (unpaired) electrons. The molecule has 2 aromatic carbocycles. The molecule has 1 unspecified atom stereocenters. The molecule has 4 rings (SSSR count). The van der Waals surface area contributed by atoms with Crippen LogP contribution in [0.5, 0.6) is 5.75 Å². The molecule has 27 heavy (non-hydrogen) atoms. The number of nitrogens with zero attached hydrogens (tertiary/aromatic N) is 1. The van der Waals surface area contributed by atoms with Crippen LogP contribution >= 0.6 is 0 Å². The van der Waals surface area contributed by atoms with Crippen molar-refractivity contribution >= 4 is 17.6 Å². The Balaban J connectivity index is 1.74. The summed E-state index contributed by atoms with van der Waals surface area (Å²) in [5, 5.41) is 0. The number of carbonyl (C=O) groups is 2. The SMILES string of the molecule is CCOc1ccc(C2CC(=O)N(c3ccc(F)cc3)C3=C2C(=O)OC3)cc1. The molecular weight excluding hydrogens is 349 g/mol. The number of hydrogen-bond acceptors (Lipinski definition) is 4. The average Bonchev–Trinajstić information content (AvgIpc) is 3.05. The van der Waals surface area contributed by atoms with Crippen LogP contribution in [0, 0.1) is 5.82 Å². The summed E-state index contributed by atoms with van der Waals surface area (Å²) < 4.78 is 23.9. The minimum Gasteiger partial charge on any atom is -0.494 e. The maximum absolute atomic E-state index is 13.2. The summed E-state index contributed by atoms with van der Waals surface area (Å²) in [4.78, 5) is 26.7. The maximum atomic E-state index is 13.2. The summed E-state index contributed by atoms with van der Waals surface area (Å²) in [5.74, 6) is -0.584. The van der Waals surface area contributed by atoms with Gasteiger partial charge in [0.2, 0.25) is 5.91 Å². The lowest BCUT2D eigenvalue weighted by molar-refractivity contribution is -0.136. The van der Waals surface area contributed by atoms with Crippen molar-refractivity contribution in [1.82, 2.24) is 0 Å². The zero-order valence-electron chi connectivity index (χ0n) is 14.8. The molecule has 2 aliphatic heterocycles. The van der Waals surface area contributed by atoms with E-state index in [0.717, 1.165) is 11.3 Å². The summed E-state index contributed by atoms with van der Waals surface area (Å²) in [7, 11) is 0. The standard InChI is InChI=1S/C21H18FNO4/c1-2-26-16-9-3-13(4-10-16)17-11-19(24)23(15-7-5-14(22)6-8-15)18-12-27-21(25)20(17)18/h3-10,17H,2,11-12H2,1H3. The highest BCUT2D eigenvalue weighted by atomic mass is 19.1. The van der Waals surface area contributed by atoms with Gasteiger partial charge in [-0.05, 0) is 48.9 Å². The summed E-state index contributed by atoms with van der Waals surface area (Å²) in [6, 6.07) is 13.0.